The van der Waals surface area contributed by atoms with Crippen LogP contribution in [0.25, 0.3) is 6.20 Å². The SMILES string of the molecule is O=C1N=c2ccc3c(c2O1)C=NC=3. The number of amides is 1. The first kappa shape index (κ1) is 6.54. The van der Waals surface area contributed by atoms with Crippen molar-refractivity contribution in [2.24, 2.45) is 9.98 Å². The molecule has 0 unspecified atom stereocenters. The van der Waals surface area contributed by atoms with E-state index in [2.05, 4.69) is 9.98 Å². The summed E-state index contributed by atoms with van der Waals surface area (Å²) in [4.78, 5) is 18.5. The average molecular weight is 172 g/mol. The zero-order valence-corrected chi connectivity index (χ0v) is 6.52. The van der Waals surface area contributed by atoms with Gasteiger partial charge in [0.05, 0.1) is 0 Å². The second-order valence-electron chi connectivity index (χ2n) is 2.80. The second-order valence-corrected chi connectivity index (χ2v) is 2.80. The monoisotopic (exact) mass is 172 g/mol. The van der Waals surface area contributed by atoms with Crippen molar-refractivity contribution in [3.8, 4) is 5.75 Å². The highest BCUT2D eigenvalue weighted by Crippen LogP contribution is 2.13. The molecule has 0 saturated heterocycles. The standard InChI is InChI=1S/C9H4N2O2/c12-9-11-7-2-1-5-3-10-4-6(5)8(7)13-9/h1-4H. The number of rotatable bonds is 0. The van der Waals surface area contributed by atoms with E-state index in [-0.39, 0.29) is 0 Å². The van der Waals surface area contributed by atoms with Crippen molar-refractivity contribution < 1.29 is 9.53 Å². The molecule has 2 heterocycles. The maximum Gasteiger partial charge on any atom is 0.439 e. The van der Waals surface area contributed by atoms with Gasteiger partial charge in [0.25, 0.3) is 0 Å². The Balaban J connectivity index is 2.46. The highest BCUT2D eigenvalue weighted by Gasteiger charge is 2.18. The number of fused-ring (bicyclic) bond motifs is 3. The van der Waals surface area contributed by atoms with E-state index in [1.54, 1.807) is 18.5 Å². The summed E-state index contributed by atoms with van der Waals surface area (Å²) in [5.74, 6) is 0.528. The van der Waals surface area contributed by atoms with Crippen LogP contribution in [0.2, 0.25) is 0 Å². The minimum Gasteiger partial charge on any atom is -0.406 e. The number of carbonyl (C=O) groups excluding carboxylic acids is 1. The van der Waals surface area contributed by atoms with E-state index in [0.29, 0.717) is 11.1 Å². The first-order valence-electron chi connectivity index (χ1n) is 3.81. The predicted octanol–water partition coefficient (Wildman–Crippen LogP) is -0.0109. The lowest BCUT2D eigenvalue weighted by Crippen LogP contribution is -2.12. The molecule has 1 aromatic rings. The molecular weight excluding hydrogens is 168 g/mol. The summed E-state index contributed by atoms with van der Waals surface area (Å²) < 4.78 is 4.93. The van der Waals surface area contributed by atoms with E-state index in [1.165, 1.54) is 0 Å². The molecule has 2 aliphatic heterocycles. The molecular formula is C9H4N2O2. The van der Waals surface area contributed by atoms with E-state index in [1.807, 2.05) is 6.07 Å². The molecule has 4 heteroatoms. The van der Waals surface area contributed by atoms with Gasteiger partial charge in [0.1, 0.15) is 5.36 Å². The summed E-state index contributed by atoms with van der Waals surface area (Å²) in [5, 5.41) is 1.55. The Kier molecular flexibility index (Phi) is 1.02. The highest BCUT2D eigenvalue weighted by atomic mass is 16.6. The smallest absolute Gasteiger partial charge is 0.406 e. The third-order valence-corrected chi connectivity index (χ3v) is 2.03. The van der Waals surface area contributed by atoms with Gasteiger partial charge in [0.2, 0.25) is 0 Å². The molecule has 1 amide bonds. The number of hydrogen-bond acceptors (Lipinski definition) is 3. The van der Waals surface area contributed by atoms with Gasteiger partial charge >= 0.3 is 6.09 Å². The number of ether oxygens (including phenoxy) is 1. The Bertz CT molecular complexity index is 558. The Morgan fingerprint density at radius 3 is 3.15 bits per heavy atom. The molecule has 0 saturated carbocycles. The second kappa shape index (κ2) is 2.04. The van der Waals surface area contributed by atoms with Gasteiger partial charge in [-0.05, 0) is 6.07 Å². The van der Waals surface area contributed by atoms with Crippen molar-refractivity contribution in [2.45, 2.75) is 0 Å². The lowest BCUT2D eigenvalue weighted by molar-refractivity contribution is 0.215. The molecule has 0 aromatic heterocycles. The highest BCUT2D eigenvalue weighted by molar-refractivity contribution is 5.91. The maximum absolute atomic E-state index is 10.9. The van der Waals surface area contributed by atoms with Crippen LogP contribution in [-0.4, -0.2) is 12.3 Å². The largest absolute Gasteiger partial charge is 0.439 e. The fourth-order valence-electron chi connectivity index (χ4n) is 1.44. The van der Waals surface area contributed by atoms with Crippen LogP contribution in [0, 0.1) is 0 Å². The van der Waals surface area contributed by atoms with Crippen LogP contribution in [0.4, 0.5) is 4.79 Å². The molecule has 0 atom stereocenters. The van der Waals surface area contributed by atoms with Gasteiger partial charge in [-0.1, -0.05) is 6.07 Å². The quantitative estimate of drug-likeness (QED) is 0.552. The van der Waals surface area contributed by atoms with Gasteiger partial charge in [-0.3, -0.25) is 4.99 Å². The van der Waals surface area contributed by atoms with Crippen molar-refractivity contribution in [3.05, 3.63) is 28.3 Å². The molecule has 0 spiro atoms. The zero-order valence-electron chi connectivity index (χ0n) is 6.52. The number of benzene rings is 1. The lowest BCUT2D eigenvalue weighted by atomic mass is 10.2. The average Bonchev–Trinajstić information content (AvgIpc) is 2.65. The lowest BCUT2D eigenvalue weighted by Gasteiger charge is -1.96. The number of nitrogens with zero attached hydrogens (tertiary/aromatic N) is 2. The fraction of sp³-hybridized carbons (Fsp3) is 0. The van der Waals surface area contributed by atoms with Crippen LogP contribution < -0.4 is 15.3 Å². The molecule has 4 nitrogen and oxygen atoms in total. The normalized spacial score (nSPS) is 15.8. The van der Waals surface area contributed by atoms with Gasteiger partial charge in [-0.15, -0.1) is 0 Å². The van der Waals surface area contributed by atoms with Crippen LogP contribution in [0.3, 0.4) is 0 Å². The van der Waals surface area contributed by atoms with Crippen molar-refractivity contribution in [3.63, 3.8) is 0 Å². The first-order chi connectivity index (χ1) is 6.34. The minimum atomic E-state index is -0.552. The summed E-state index contributed by atoms with van der Waals surface area (Å²) in [6.45, 7) is 0. The van der Waals surface area contributed by atoms with E-state index in [4.69, 9.17) is 4.74 Å². The zero-order chi connectivity index (χ0) is 8.84. The predicted molar refractivity (Wildman–Crippen MR) is 45.3 cm³/mol. The molecule has 0 radical (unpaired) electrons. The molecule has 62 valence electrons. The van der Waals surface area contributed by atoms with Crippen LogP contribution in [0.5, 0.6) is 5.75 Å². The summed E-state index contributed by atoms with van der Waals surface area (Å²) in [5.41, 5.74) is 0.840. The van der Waals surface area contributed by atoms with Crippen molar-refractivity contribution in [1.29, 1.82) is 0 Å². The number of carbonyl (C=O) groups is 1. The molecule has 2 aliphatic rings. The summed E-state index contributed by atoms with van der Waals surface area (Å²) in [7, 11) is 0. The van der Waals surface area contributed by atoms with E-state index in [0.717, 1.165) is 10.8 Å². The minimum absolute atomic E-state index is 0.528. The van der Waals surface area contributed by atoms with Crippen LogP contribution in [0.1, 0.15) is 5.56 Å². The Morgan fingerprint density at radius 2 is 2.23 bits per heavy atom. The summed E-state index contributed by atoms with van der Waals surface area (Å²) in [6.07, 6.45) is 2.84. The first-order valence-corrected chi connectivity index (χ1v) is 3.81. The number of hydrogen-bond donors (Lipinski definition) is 0. The van der Waals surface area contributed by atoms with Gasteiger partial charge in [-0.25, -0.2) is 4.79 Å². The van der Waals surface area contributed by atoms with Crippen molar-refractivity contribution >= 4 is 18.5 Å². The van der Waals surface area contributed by atoms with Crippen LogP contribution >= 0.6 is 0 Å². The molecule has 1 aromatic carbocycles. The van der Waals surface area contributed by atoms with Crippen LogP contribution in [0.15, 0.2) is 22.1 Å². The van der Waals surface area contributed by atoms with Crippen molar-refractivity contribution in [2.75, 3.05) is 0 Å². The van der Waals surface area contributed by atoms with Crippen LogP contribution in [-0.2, 0) is 0 Å². The molecule has 3 rings (SSSR count). The molecule has 0 fully saturated rings. The van der Waals surface area contributed by atoms with Gasteiger partial charge in [-0.2, -0.15) is 4.99 Å². The number of aliphatic imine (C=N–C) groups is 1. The maximum atomic E-state index is 10.9. The summed E-state index contributed by atoms with van der Waals surface area (Å²) in [6, 6.07) is 3.62. The summed E-state index contributed by atoms with van der Waals surface area (Å²) >= 11 is 0. The van der Waals surface area contributed by atoms with Gasteiger partial charge in [0, 0.05) is 23.2 Å². The molecule has 13 heavy (non-hydrogen) atoms. The van der Waals surface area contributed by atoms with Gasteiger partial charge in [0.15, 0.2) is 5.75 Å². The van der Waals surface area contributed by atoms with E-state index >= 15 is 0 Å². The Morgan fingerprint density at radius 1 is 1.31 bits per heavy atom. The Hall–Kier alpha value is -1.97. The molecule has 0 N–H and O–H groups in total. The fourth-order valence-corrected chi connectivity index (χ4v) is 1.44. The van der Waals surface area contributed by atoms with Crippen molar-refractivity contribution in [1.82, 2.24) is 0 Å². The molecule has 0 aliphatic carbocycles. The Labute approximate surface area is 72.9 Å². The third kappa shape index (κ3) is 0.767. The van der Waals surface area contributed by atoms with Gasteiger partial charge < -0.3 is 4.74 Å². The third-order valence-electron chi connectivity index (χ3n) is 2.03. The van der Waals surface area contributed by atoms with E-state index in [9.17, 15) is 4.79 Å². The van der Waals surface area contributed by atoms with E-state index < -0.39 is 6.09 Å². The molecule has 0 bridgehead atoms. The topological polar surface area (TPSA) is 51.0 Å².